The van der Waals surface area contributed by atoms with E-state index >= 15 is 0 Å². The van der Waals surface area contributed by atoms with E-state index in [0.717, 1.165) is 18.7 Å². The molecule has 1 unspecified atom stereocenters. The monoisotopic (exact) mass is 496 g/mol. The lowest BCUT2D eigenvalue weighted by atomic mass is 10.1. The van der Waals surface area contributed by atoms with Crippen molar-refractivity contribution < 1.29 is 24.5 Å². The first-order valence-corrected chi connectivity index (χ1v) is 11.3. The number of rotatable bonds is 8. The summed E-state index contributed by atoms with van der Waals surface area (Å²) >= 11 is 0. The second-order valence-electron chi connectivity index (χ2n) is 8.28. The summed E-state index contributed by atoms with van der Waals surface area (Å²) in [5.41, 5.74) is 0.912. The Morgan fingerprint density at radius 2 is 2.19 bits per heavy atom. The molecule has 15 nitrogen and oxygen atoms in total. The maximum atomic E-state index is 13.4. The Morgan fingerprint density at radius 1 is 1.31 bits per heavy atom. The largest absolute Gasteiger partial charge is 0.491 e. The predicted octanol–water partition coefficient (Wildman–Crippen LogP) is -0.718. The van der Waals surface area contributed by atoms with Crippen LogP contribution in [0.15, 0.2) is 30.5 Å². The molecule has 2 atom stereocenters. The summed E-state index contributed by atoms with van der Waals surface area (Å²) in [5.74, 6) is 0.967. The molecular weight excluding hydrogens is 472 g/mol. The normalized spacial score (nSPS) is 16.9. The van der Waals surface area contributed by atoms with Gasteiger partial charge in [0.2, 0.25) is 0 Å². The SMILES string of the molecule is O=C(NCc1nnn[nH]1)c1ccc2c(n1)N(C(=O)Nc1cc(OCC(O)CO)ccn1)[C@H]1CCN2C1. The Labute approximate surface area is 204 Å². The molecule has 5 N–H and O–H groups in total. The topological polar surface area (TPSA) is 195 Å². The van der Waals surface area contributed by atoms with Crippen LogP contribution in [0.1, 0.15) is 22.7 Å². The number of aliphatic hydroxyl groups excluding tert-OH is 2. The third-order valence-corrected chi connectivity index (χ3v) is 5.83. The van der Waals surface area contributed by atoms with Crippen LogP contribution in [0.3, 0.4) is 0 Å². The van der Waals surface area contributed by atoms with Gasteiger partial charge in [0.05, 0.1) is 24.9 Å². The van der Waals surface area contributed by atoms with Crippen molar-refractivity contribution in [3.05, 3.63) is 42.0 Å². The molecule has 1 fully saturated rings. The number of tetrazole rings is 1. The van der Waals surface area contributed by atoms with E-state index in [0.29, 0.717) is 23.9 Å². The number of hydrogen-bond acceptors (Lipinski definition) is 11. The first-order valence-electron chi connectivity index (χ1n) is 11.3. The lowest BCUT2D eigenvalue weighted by molar-refractivity contribution is 0.0536. The van der Waals surface area contributed by atoms with Crippen molar-refractivity contribution in [3.63, 3.8) is 0 Å². The summed E-state index contributed by atoms with van der Waals surface area (Å²) < 4.78 is 5.43. The summed E-state index contributed by atoms with van der Waals surface area (Å²) in [7, 11) is 0. The van der Waals surface area contributed by atoms with E-state index in [1.807, 2.05) is 0 Å². The van der Waals surface area contributed by atoms with Crippen LogP contribution in [0.4, 0.5) is 22.1 Å². The fraction of sp³-hybridized carbons (Fsp3) is 0.381. The van der Waals surface area contributed by atoms with E-state index in [1.165, 1.54) is 12.3 Å². The minimum atomic E-state index is -1.02. The molecule has 3 amide bonds. The summed E-state index contributed by atoms with van der Waals surface area (Å²) in [6.07, 6.45) is 1.19. The summed E-state index contributed by atoms with van der Waals surface area (Å²) in [6.45, 7) is 0.991. The lowest BCUT2D eigenvalue weighted by Crippen LogP contribution is -2.48. The number of anilines is 3. The van der Waals surface area contributed by atoms with Gasteiger partial charge in [0, 0.05) is 25.4 Å². The zero-order valence-corrected chi connectivity index (χ0v) is 19.0. The van der Waals surface area contributed by atoms with Gasteiger partial charge in [-0.15, -0.1) is 5.10 Å². The quantitative estimate of drug-likeness (QED) is 0.264. The van der Waals surface area contributed by atoms with Crippen molar-refractivity contribution in [2.24, 2.45) is 0 Å². The smallest absolute Gasteiger partial charge is 0.329 e. The van der Waals surface area contributed by atoms with Crippen LogP contribution in [0.5, 0.6) is 5.75 Å². The van der Waals surface area contributed by atoms with Gasteiger partial charge in [-0.3, -0.25) is 15.0 Å². The molecule has 188 valence electrons. The van der Waals surface area contributed by atoms with Crippen molar-refractivity contribution in [2.45, 2.75) is 25.1 Å². The van der Waals surface area contributed by atoms with Gasteiger partial charge in [-0.25, -0.2) is 19.9 Å². The van der Waals surface area contributed by atoms with Crippen LogP contribution < -0.4 is 25.2 Å². The van der Waals surface area contributed by atoms with E-state index in [4.69, 9.17) is 9.84 Å². The van der Waals surface area contributed by atoms with Gasteiger partial charge < -0.3 is 25.2 Å². The Hall–Kier alpha value is -4.37. The average molecular weight is 496 g/mol. The molecule has 3 aromatic rings. The maximum Gasteiger partial charge on any atom is 0.329 e. The van der Waals surface area contributed by atoms with Gasteiger partial charge >= 0.3 is 6.03 Å². The molecule has 0 aliphatic carbocycles. The number of ether oxygens (including phenoxy) is 1. The highest BCUT2D eigenvalue weighted by atomic mass is 16.5. The predicted molar refractivity (Wildman–Crippen MR) is 125 cm³/mol. The highest BCUT2D eigenvalue weighted by molar-refractivity contribution is 6.05. The fourth-order valence-corrected chi connectivity index (χ4v) is 4.09. The van der Waals surface area contributed by atoms with Crippen molar-refractivity contribution in [3.8, 4) is 5.75 Å². The highest BCUT2D eigenvalue weighted by Crippen LogP contribution is 2.39. The number of H-pyrrole nitrogens is 1. The molecule has 3 aromatic heterocycles. The van der Waals surface area contributed by atoms with Gasteiger partial charge in [0.1, 0.15) is 30.0 Å². The van der Waals surface area contributed by atoms with Crippen LogP contribution in [-0.2, 0) is 6.54 Å². The van der Waals surface area contributed by atoms with Gasteiger partial charge in [-0.05, 0) is 35.0 Å². The molecular formula is C21H24N10O5. The number of amides is 3. The summed E-state index contributed by atoms with van der Waals surface area (Å²) in [5, 5.41) is 37.1. The van der Waals surface area contributed by atoms with Crippen molar-refractivity contribution in [1.82, 2.24) is 35.9 Å². The molecule has 36 heavy (non-hydrogen) atoms. The van der Waals surface area contributed by atoms with Gasteiger partial charge in [0.25, 0.3) is 5.91 Å². The molecule has 5 rings (SSSR count). The van der Waals surface area contributed by atoms with Crippen LogP contribution in [0, 0.1) is 0 Å². The molecule has 2 aliphatic heterocycles. The first-order chi connectivity index (χ1) is 17.5. The molecule has 2 aliphatic rings. The second kappa shape index (κ2) is 10.1. The molecule has 2 bridgehead atoms. The highest BCUT2D eigenvalue weighted by Gasteiger charge is 2.40. The second-order valence-corrected chi connectivity index (χ2v) is 8.28. The molecule has 0 aromatic carbocycles. The van der Waals surface area contributed by atoms with Crippen molar-refractivity contribution >= 4 is 29.3 Å². The number of aliphatic hydroxyl groups is 2. The fourth-order valence-electron chi connectivity index (χ4n) is 4.09. The number of pyridine rings is 2. The molecule has 1 saturated heterocycles. The van der Waals surface area contributed by atoms with E-state index in [-0.39, 0.29) is 30.7 Å². The lowest BCUT2D eigenvalue weighted by Gasteiger charge is -2.35. The number of carbonyl (C=O) groups excluding carboxylic acids is 2. The molecule has 15 heteroatoms. The number of fused-ring (bicyclic) bond motifs is 4. The number of hydrogen-bond donors (Lipinski definition) is 5. The Bertz CT molecular complexity index is 1240. The zero-order valence-electron chi connectivity index (χ0n) is 19.0. The number of aromatic amines is 1. The third-order valence-electron chi connectivity index (χ3n) is 5.83. The van der Waals surface area contributed by atoms with E-state index in [2.05, 4.69) is 46.1 Å². The number of urea groups is 1. The molecule has 5 heterocycles. The number of nitrogens with zero attached hydrogens (tertiary/aromatic N) is 7. The Kier molecular flexibility index (Phi) is 6.55. The van der Waals surface area contributed by atoms with Crippen LogP contribution >= 0.6 is 0 Å². The van der Waals surface area contributed by atoms with Gasteiger partial charge in [-0.1, -0.05) is 0 Å². The maximum absolute atomic E-state index is 13.4. The van der Waals surface area contributed by atoms with E-state index in [1.54, 1.807) is 23.1 Å². The Balaban J connectivity index is 1.34. The summed E-state index contributed by atoms with van der Waals surface area (Å²) in [4.78, 5) is 38.5. The van der Waals surface area contributed by atoms with E-state index < -0.39 is 24.6 Å². The zero-order chi connectivity index (χ0) is 25.1. The van der Waals surface area contributed by atoms with Crippen LogP contribution in [0.2, 0.25) is 0 Å². The summed E-state index contributed by atoms with van der Waals surface area (Å²) in [6, 6.07) is 5.93. The number of carbonyl (C=O) groups is 2. The van der Waals surface area contributed by atoms with Gasteiger partial charge in [-0.2, -0.15) is 0 Å². The Morgan fingerprint density at radius 3 is 3.00 bits per heavy atom. The van der Waals surface area contributed by atoms with Gasteiger partial charge in [0.15, 0.2) is 11.6 Å². The standard InChI is InChI=1S/C21H24N10O5/c32-10-13(33)11-36-14-3-5-22-17(7-14)25-21(35)31-12-4-6-30(9-12)16-2-1-15(24-19(16)31)20(34)23-8-18-26-28-29-27-18/h1-3,5,7,12-13,32-33H,4,6,8-11H2,(H,23,34)(H,22,25,35)(H,26,27,28,29)/t12-,13?/m0/s1. The minimum Gasteiger partial charge on any atom is -0.491 e. The number of aromatic nitrogens is 6. The average Bonchev–Trinajstić information content (AvgIpc) is 3.57. The molecule has 0 radical (unpaired) electrons. The van der Waals surface area contributed by atoms with Crippen LogP contribution in [-0.4, -0.2) is 91.2 Å². The van der Waals surface area contributed by atoms with Crippen molar-refractivity contribution in [1.29, 1.82) is 0 Å². The van der Waals surface area contributed by atoms with E-state index in [9.17, 15) is 14.7 Å². The first kappa shape index (κ1) is 23.4. The third kappa shape index (κ3) is 4.87. The minimum absolute atomic E-state index is 0.100. The molecule has 0 spiro atoms. The molecule has 0 saturated carbocycles. The number of nitrogens with one attached hydrogen (secondary N) is 3. The van der Waals surface area contributed by atoms with Crippen LogP contribution in [0.25, 0.3) is 0 Å². The van der Waals surface area contributed by atoms with Crippen molar-refractivity contribution in [2.75, 3.05) is 41.4 Å².